The normalized spacial score (nSPS) is 34.5. The highest BCUT2D eigenvalue weighted by Gasteiger charge is 2.49. The van der Waals surface area contributed by atoms with Gasteiger partial charge in [-0.1, -0.05) is 0 Å². The van der Waals surface area contributed by atoms with Crippen LogP contribution < -0.4 is 0 Å². The van der Waals surface area contributed by atoms with Crippen LogP contribution in [-0.2, 0) is 14.8 Å². The fourth-order valence-corrected chi connectivity index (χ4v) is 4.57. The first-order chi connectivity index (χ1) is 9.62. The van der Waals surface area contributed by atoms with Crippen LogP contribution in [0.2, 0.25) is 0 Å². The molecule has 2 atom stereocenters. The van der Waals surface area contributed by atoms with Crippen molar-refractivity contribution in [2.24, 2.45) is 0 Å². The predicted octanol–water partition coefficient (Wildman–Crippen LogP) is 0.272. The van der Waals surface area contributed by atoms with E-state index in [9.17, 15) is 13.5 Å². The first-order valence-corrected chi connectivity index (χ1v) is 9.23. The minimum atomic E-state index is -3.11. The molecule has 0 aromatic carbocycles. The van der Waals surface area contributed by atoms with Crippen LogP contribution in [0.25, 0.3) is 0 Å². The van der Waals surface area contributed by atoms with Gasteiger partial charge < -0.3 is 14.7 Å². The molecule has 0 unspecified atom stereocenters. The summed E-state index contributed by atoms with van der Waals surface area (Å²) < 4.78 is 31.4. The lowest BCUT2D eigenvalue weighted by atomic mass is 9.77. The number of hydrogen-bond donors (Lipinski definition) is 1. The van der Waals surface area contributed by atoms with E-state index in [-0.39, 0.29) is 17.4 Å². The van der Waals surface area contributed by atoms with E-state index < -0.39 is 15.6 Å². The summed E-state index contributed by atoms with van der Waals surface area (Å²) >= 11 is 0. The molecule has 2 rings (SSSR count). The van der Waals surface area contributed by atoms with Crippen LogP contribution in [0.4, 0.5) is 0 Å². The van der Waals surface area contributed by atoms with Gasteiger partial charge in [0.25, 0.3) is 0 Å². The summed E-state index contributed by atoms with van der Waals surface area (Å²) in [6.45, 7) is 4.81. The largest absolute Gasteiger partial charge is 0.386 e. The summed E-state index contributed by atoms with van der Waals surface area (Å²) in [5.74, 6) is 0.149. The maximum Gasteiger partial charge on any atom is 0.213 e. The fraction of sp³-hybridized carbons (Fsp3) is 1.00. The van der Waals surface area contributed by atoms with Gasteiger partial charge in [-0.25, -0.2) is 12.7 Å². The Labute approximate surface area is 128 Å². The molecule has 0 bridgehead atoms. The molecule has 2 heterocycles. The minimum absolute atomic E-state index is 0.0283. The van der Waals surface area contributed by atoms with Crippen LogP contribution >= 0.6 is 0 Å². The van der Waals surface area contributed by atoms with Crippen molar-refractivity contribution in [2.45, 2.75) is 50.4 Å². The Morgan fingerprint density at radius 2 is 1.90 bits per heavy atom. The second-order valence-electron chi connectivity index (χ2n) is 6.81. The molecule has 1 N–H and O–H groups in total. The molecule has 6 nitrogen and oxygen atoms in total. The quantitative estimate of drug-likeness (QED) is 0.808. The van der Waals surface area contributed by atoms with Gasteiger partial charge >= 0.3 is 0 Å². The van der Waals surface area contributed by atoms with Crippen LogP contribution in [0.3, 0.4) is 0 Å². The van der Waals surface area contributed by atoms with E-state index >= 15 is 0 Å². The molecule has 2 aliphatic rings. The Kier molecular flexibility index (Phi) is 4.71. The maximum absolute atomic E-state index is 11.9. The van der Waals surface area contributed by atoms with Gasteiger partial charge in [-0.05, 0) is 47.2 Å². The molecule has 0 aliphatic carbocycles. The Balaban J connectivity index is 2.07. The SMILES string of the molecule is CCS(=O)(=O)N1CCC2(CC1)C[C@H](N(C)C)[C@@](C)(O)CO2. The second-order valence-corrected chi connectivity index (χ2v) is 9.07. The van der Waals surface area contributed by atoms with Crippen molar-refractivity contribution in [1.29, 1.82) is 0 Å². The van der Waals surface area contributed by atoms with Gasteiger partial charge in [-0.2, -0.15) is 0 Å². The Morgan fingerprint density at radius 3 is 2.38 bits per heavy atom. The van der Waals surface area contributed by atoms with Crippen molar-refractivity contribution in [3.05, 3.63) is 0 Å². The number of ether oxygens (including phenoxy) is 1. The number of nitrogens with zero attached hydrogens (tertiary/aromatic N) is 2. The van der Waals surface area contributed by atoms with Crippen LogP contribution in [0.1, 0.15) is 33.1 Å². The zero-order chi connectivity index (χ0) is 15.9. The summed E-state index contributed by atoms with van der Waals surface area (Å²) in [7, 11) is 0.823. The minimum Gasteiger partial charge on any atom is -0.386 e. The third-order valence-electron chi connectivity index (χ3n) is 4.97. The number of likely N-dealkylation sites (N-methyl/N-ethyl adjacent to an activating group) is 1. The number of sulfonamides is 1. The fourth-order valence-electron chi connectivity index (χ4n) is 3.47. The molecule has 7 heteroatoms. The van der Waals surface area contributed by atoms with E-state index in [2.05, 4.69) is 0 Å². The first-order valence-electron chi connectivity index (χ1n) is 7.62. The molecule has 2 saturated heterocycles. The monoisotopic (exact) mass is 320 g/mol. The molecular weight excluding hydrogens is 292 g/mol. The van der Waals surface area contributed by atoms with E-state index in [1.54, 1.807) is 18.2 Å². The topological polar surface area (TPSA) is 70.1 Å². The highest BCUT2D eigenvalue weighted by Crippen LogP contribution is 2.40. The van der Waals surface area contributed by atoms with Crippen LogP contribution in [0.5, 0.6) is 0 Å². The van der Waals surface area contributed by atoms with E-state index in [0.29, 0.717) is 32.5 Å². The molecule has 2 aliphatic heterocycles. The summed E-state index contributed by atoms with van der Waals surface area (Å²) in [5.41, 5.74) is -1.15. The van der Waals surface area contributed by atoms with Crippen molar-refractivity contribution in [2.75, 3.05) is 39.5 Å². The first kappa shape index (κ1) is 17.1. The van der Waals surface area contributed by atoms with E-state index in [1.807, 2.05) is 19.0 Å². The van der Waals surface area contributed by atoms with E-state index in [4.69, 9.17) is 4.74 Å². The van der Waals surface area contributed by atoms with Crippen LogP contribution in [0, 0.1) is 0 Å². The molecule has 0 aromatic heterocycles. The van der Waals surface area contributed by atoms with Gasteiger partial charge in [0.15, 0.2) is 0 Å². The molecule has 2 fully saturated rings. The van der Waals surface area contributed by atoms with E-state index in [1.165, 1.54) is 0 Å². The van der Waals surface area contributed by atoms with Crippen molar-refractivity contribution >= 4 is 10.0 Å². The van der Waals surface area contributed by atoms with Gasteiger partial charge in [0.05, 0.1) is 18.0 Å². The molecule has 1 spiro atoms. The van der Waals surface area contributed by atoms with Crippen molar-refractivity contribution in [1.82, 2.24) is 9.21 Å². The summed E-state index contributed by atoms with van der Waals surface area (Å²) in [6.07, 6.45) is 2.15. The highest BCUT2D eigenvalue weighted by molar-refractivity contribution is 7.89. The van der Waals surface area contributed by atoms with Gasteiger partial charge in [-0.15, -0.1) is 0 Å². The maximum atomic E-state index is 11.9. The third kappa shape index (κ3) is 3.42. The van der Waals surface area contributed by atoms with Gasteiger partial charge in [0, 0.05) is 19.1 Å². The molecular formula is C14H28N2O4S. The van der Waals surface area contributed by atoms with Crippen molar-refractivity contribution in [3.8, 4) is 0 Å². The average Bonchev–Trinajstić information content (AvgIpc) is 2.42. The lowest BCUT2D eigenvalue weighted by Gasteiger charge is -2.52. The average molecular weight is 320 g/mol. The van der Waals surface area contributed by atoms with Gasteiger partial charge in [0.1, 0.15) is 5.60 Å². The van der Waals surface area contributed by atoms with Crippen LogP contribution in [0.15, 0.2) is 0 Å². The Bertz CT molecular complexity index is 467. The molecule has 124 valence electrons. The molecule has 0 saturated carbocycles. The Hall–Kier alpha value is -0.210. The standard InChI is InChI=1S/C14H28N2O4S/c1-5-21(18,19)16-8-6-14(7-9-16)10-12(15(3)4)13(2,17)11-20-14/h12,17H,5-11H2,1-4H3/t12-,13-/m0/s1. The third-order valence-corrected chi connectivity index (χ3v) is 6.85. The van der Waals surface area contributed by atoms with Crippen LogP contribution in [-0.4, -0.2) is 79.5 Å². The van der Waals surface area contributed by atoms with E-state index in [0.717, 1.165) is 6.42 Å². The number of aliphatic hydroxyl groups is 1. The summed E-state index contributed by atoms with van der Waals surface area (Å²) in [5, 5.41) is 10.5. The number of hydrogen-bond acceptors (Lipinski definition) is 5. The van der Waals surface area contributed by atoms with Gasteiger partial charge in [0.2, 0.25) is 10.0 Å². The molecule has 0 aromatic rings. The lowest BCUT2D eigenvalue weighted by Crippen LogP contribution is -2.63. The van der Waals surface area contributed by atoms with Gasteiger partial charge in [-0.3, -0.25) is 0 Å². The predicted molar refractivity (Wildman–Crippen MR) is 81.7 cm³/mol. The van der Waals surface area contributed by atoms with Crippen molar-refractivity contribution < 1.29 is 18.3 Å². The zero-order valence-corrected chi connectivity index (χ0v) is 14.3. The lowest BCUT2D eigenvalue weighted by molar-refractivity contribution is -0.204. The molecule has 21 heavy (non-hydrogen) atoms. The highest BCUT2D eigenvalue weighted by atomic mass is 32.2. The Morgan fingerprint density at radius 1 is 1.33 bits per heavy atom. The molecule has 0 radical (unpaired) electrons. The number of piperidine rings is 1. The van der Waals surface area contributed by atoms with Crippen molar-refractivity contribution in [3.63, 3.8) is 0 Å². The smallest absolute Gasteiger partial charge is 0.213 e. The molecule has 0 amide bonds. The second kappa shape index (κ2) is 5.77. The summed E-state index contributed by atoms with van der Waals surface area (Å²) in [6, 6.07) is 0.0283. The zero-order valence-electron chi connectivity index (χ0n) is 13.5. The summed E-state index contributed by atoms with van der Waals surface area (Å²) in [4.78, 5) is 2.04. The number of rotatable bonds is 3.